The molecule has 2 aromatic heterocycles. The topological polar surface area (TPSA) is 86.4 Å². The van der Waals surface area contributed by atoms with Gasteiger partial charge in [-0.05, 0) is 24.6 Å². The molecule has 0 saturated heterocycles. The SMILES string of the molecule is COc1ccc(CNC(=O)[C@H](C)n2c(=O)oc3ccccc32)cn1. The molecule has 0 spiro atoms. The van der Waals surface area contributed by atoms with Gasteiger partial charge in [0.2, 0.25) is 11.8 Å². The lowest BCUT2D eigenvalue weighted by molar-refractivity contribution is -0.124. The van der Waals surface area contributed by atoms with Gasteiger partial charge in [0, 0.05) is 18.8 Å². The average Bonchev–Trinajstić information content (AvgIpc) is 2.95. The zero-order valence-electron chi connectivity index (χ0n) is 13.4. The van der Waals surface area contributed by atoms with E-state index in [-0.39, 0.29) is 5.91 Å². The van der Waals surface area contributed by atoms with Crippen molar-refractivity contribution in [2.24, 2.45) is 0 Å². The predicted molar refractivity (Wildman–Crippen MR) is 87.8 cm³/mol. The van der Waals surface area contributed by atoms with E-state index in [1.807, 2.05) is 6.07 Å². The summed E-state index contributed by atoms with van der Waals surface area (Å²) in [5.74, 6) is -0.320. The number of oxazole rings is 1. The fraction of sp³-hybridized carbons (Fsp3) is 0.235. The first-order chi connectivity index (χ1) is 11.6. The first-order valence-corrected chi connectivity index (χ1v) is 7.47. The van der Waals surface area contributed by atoms with Crippen LogP contribution in [0.3, 0.4) is 0 Å². The molecule has 3 rings (SSSR count). The largest absolute Gasteiger partial charge is 0.481 e. The van der Waals surface area contributed by atoms with Gasteiger partial charge in [0.25, 0.3) is 0 Å². The first-order valence-electron chi connectivity index (χ1n) is 7.47. The van der Waals surface area contributed by atoms with E-state index in [1.165, 1.54) is 4.57 Å². The molecule has 1 aromatic carbocycles. The lowest BCUT2D eigenvalue weighted by Crippen LogP contribution is -2.34. The van der Waals surface area contributed by atoms with Gasteiger partial charge in [0.15, 0.2) is 5.58 Å². The van der Waals surface area contributed by atoms with Gasteiger partial charge in [0.1, 0.15) is 6.04 Å². The van der Waals surface area contributed by atoms with Gasteiger partial charge in [-0.1, -0.05) is 18.2 Å². The van der Waals surface area contributed by atoms with Crippen LogP contribution in [-0.4, -0.2) is 22.6 Å². The van der Waals surface area contributed by atoms with Crippen LogP contribution in [0.5, 0.6) is 5.88 Å². The third-order valence-corrected chi connectivity index (χ3v) is 3.76. The molecular weight excluding hydrogens is 310 g/mol. The molecule has 0 fully saturated rings. The Labute approximate surface area is 137 Å². The summed E-state index contributed by atoms with van der Waals surface area (Å²) in [7, 11) is 1.54. The molecule has 7 heteroatoms. The van der Waals surface area contributed by atoms with Gasteiger partial charge in [-0.3, -0.25) is 9.36 Å². The third kappa shape index (κ3) is 3.01. The van der Waals surface area contributed by atoms with E-state index >= 15 is 0 Å². The molecule has 1 amide bonds. The van der Waals surface area contributed by atoms with E-state index in [2.05, 4.69) is 10.3 Å². The van der Waals surface area contributed by atoms with E-state index in [4.69, 9.17) is 9.15 Å². The molecule has 7 nitrogen and oxygen atoms in total. The van der Waals surface area contributed by atoms with E-state index < -0.39 is 11.8 Å². The van der Waals surface area contributed by atoms with Crippen molar-refractivity contribution >= 4 is 17.0 Å². The number of amides is 1. The highest BCUT2D eigenvalue weighted by atomic mass is 16.5. The number of nitrogens with zero attached hydrogens (tertiary/aromatic N) is 2. The minimum atomic E-state index is -0.688. The second-order valence-electron chi connectivity index (χ2n) is 5.31. The molecule has 124 valence electrons. The first kappa shape index (κ1) is 15.8. The van der Waals surface area contributed by atoms with Gasteiger partial charge in [-0.25, -0.2) is 9.78 Å². The van der Waals surface area contributed by atoms with Gasteiger partial charge < -0.3 is 14.5 Å². The molecular formula is C17H17N3O4. The number of pyridine rings is 1. The van der Waals surface area contributed by atoms with Crippen LogP contribution in [0, 0.1) is 0 Å². The monoisotopic (exact) mass is 327 g/mol. The van der Waals surface area contributed by atoms with Crippen LogP contribution in [0.4, 0.5) is 0 Å². The molecule has 2 heterocycles. The smallest absolute Gasteiger partial charge is 0.420 e. The number of nitrogens with one attached hydrogen (secondary N) is 1. The van der Waals surface area contributed by atoms with Crippen molar-refractivity contribution in [3.05, 3.63) is 58.7 Å². The van der Waals surface area contributed by atoms with E-state index in [0.717, 1.165) is 5.56 Å². The number of carbonyl (C=O) groups is 1. The fourth-order valence-electron chi connectivity index (χ4n) is 2.44. The number of aromatic nitrogens is 2. The van der Waals surface area contributed by atoms with E-state index in [0.29, 0.717) is 23.5 Å². The maximum absolute atomic E-state index is 12.4. The number of ether oxygens (including phenoxy) is 1. The minimum absolute atomic E-state index is 0.278. The zero-order chi connectivity index (χ0) is 17.1. The van der Waals surface area contributed by atoms with Crippen LogP contribution in [0.1, 0.15) is 18.5 Å². The third-order valence-electron chi connectivity index (χ3n) is 3.76. The van der Waals surface area contributed by atoms with Crippen molar-refractivity contribution in [2.75, 3.05) is 7.11 Å². The Morgan fingerprint density at radius 1 is 1.33 bits per heavy atom. The van der Waals surface area contributed by atoms with Crippen LogP contribution in [-0.2, 0) is 11.3 Å². The zero-order valence-corrected chi connectivity index (χ0v) is 13.4. The maximum atomic E-state index is 12.4. The van der Waals surface area contributed by atoms with E-state index in [9.17, 15) is 9.59 Å². The maximum Gasteiger partial charge on any atom is 0.420 e. The Morgan fingerprint density at radius 3 is 2.83 bits per heavy atom. The highest BCUT2D eigenvalue weighted by Crippen LogP contribution is 2.16. The normalized spacial score (nSPS) is 12.1. The lowest BCUT2D eigenvalue weighted by Gasteiger charge is -2.13. The quantitative estimate of drug-likeness (QED) is 0.773. The molecule has 1 N–H and O–H groups in total. The molecule has 0 saturated carbocycles. The van der Waals surface area contributed by atoms with Gasteiger partial charge >= 0.3 is 5.76 Å². The number of fused-ring (bicyclic) bond motifs is 1. The summed E-state index contributed by atoms with van der Waals surface area (Å²) in [5, 5.41) is 2.80. The summed E-state index contributed by atoms with van der Waals surface area (Å²) in [6.45, 7) is 1.97. The van der Waals surface area contributed by atoms with Crippen LogP contribution >= 0.6 is 0 Å². The van der Waals surface area contributed by atoms with Gasteiger partial charge in [-0.15, -0.1) is 0 Å². The summed E-state index contributed by atoms with van der Waals surface area (Å²) in [5.41, 5.74) is 1.89. The molecule has 1 atom stereocenters. The predicted octanol–water partition coefficient (Wildman–Crippen LogP) is 1.88. The Bertz CT molecular complexity index is 911. The molecule has 0 bridgehead atoms. The highest BCUT2D eigenvalue weighted by Gasteiger charge is 2.20. The van der Waals surface area contributed by atoms with Crippen LogP contribution < -0.4 is 15.8 Å². The molecule has 0 radical (unpaired) electrons. The molecule has 0 unspecified atom stereocenters. The van der Waals surface area contributed by atoms with Crippen LogP contribution in [0.15, 0.2) is 51.8 Å². The lowest BCUT2D eigenvalue weighted by atomic mass is 10.2. The second-order valence-corrected chi connectivity index (χ2v) is 5.31. The fourth-order valence-corrected chi connectivity index (χ4v) is 2.44. The van der Waals surface area contributed by atoms with Gasteiger partial charge in [0.05, 0.1) is 12.6 Å². The van der Waals surface area contributed by atoms with Crippen molar-refractivity contribution < 1.29 is 13.9 Å². The summed E-state index contributed by atoms with van der Waals surface area (Å²) in [6.07, 6.45) is 1.63. The summed E-state index contributed by atoms with van der Waals surface area (Å²) >= 11 is 0. The standard InChI is InChI=1S/C17H17N3O4/c1-11(20-13-5-3-4-6-14(13)24-17(20)22)16(21)19-10-12-7-8-15(23-2)18-9-12/h3-9,11H,10H2,1-2H3,(H,19,21)/t11-/m0/s1. The summed E-state index contributed by atoms with van der Waals surface area (Å²) < 4.78 is 11.5. The van der Waals surface area contributed by atoms with Crippen molar-refractivity contribution in [2.45, 2.75) is 19.5 Å². The summed E-state index contributed by atoms with van der Waals surface area (Å²) in [4.78, 5) is 28.5. The summed E-state index contributed by atoms with van der Waals surface area (Å²) in [6, 6.07) is 9.86. The average molecular weight is 327 g/mol. The van der Waals surface area contributed by atoms with Gasteiger partial charge in [-0.2, -0.15) is 0 Å². The van der Waals surface area contributed by atoms with E-state index in [1.54, 1.807) is 50.6 Å². The Kier molecular flexibility index (Phi) is 4.33. The Balaban J connectivity index is 1.74. The number of benzene rings is 1. The number of hydrogen-bond donors (Lipinski definition) is 1. The Morgan fingerprint density at radius 2 is 2.12 bits per heavy atom. The van der Waals surface area contributed by atoms with Crippen LogP contribution in [0.2, 0.25) is 0 Å². The molecule has 24 heavy (non-hydrogen) atoms. The van der Waals surface area contributed by atoms with Crippen molar-refractivity contribution in [1.29, 1.82) is 0 Å². The molecule has 0 aliphatic rings. The minimum Gasteiger partial charge on any atom is -0.481 e. The second kappa shape index (κ2) is 6.57. The number of rotatable bonds is 5. The number of para-hydroxylation sites is 2. The number of methoxy groups -OCH3 is 1. The molecule has 0 aliphatic carbocycles. The van der Waals surface area contributed by atoms with Crippen molar-refractivity contribution in [3.63, 3.8) is 0 Å². The van der Waals surface area contributed by atoms with Crippen molar-refractivity contribution in [3.8, 4) is 5.88 Å². The van der Waals surface area contributed by atoms with Crippen molar-refractivity contribution in [1.82, 2.24) is 14.9 Å². The number of hydrogen-bond acceptors (Lipinski definition) is 5. The Hall–Kier alpha value is -3.09. The van der Waals surface area contributed by atoms with Crippen LogP contribution in [0.25, 0.3) is 11.1 Å². The highest BCUT2D eigenvalue weighted by molar-refractivity contribution is 5.82. The molecule has 3 aromatic rings. The molecule has 0 aliphatic heterocycles. The number of carbonyl (C=O) groups excluding carboxylic acids is 1.